The van der Waals surface area contributed by atoms with Crippen LogP contribution in [0.1, 0.15) is 29.3 Å². The van der Waals surface area contributed by atoms with Gasteiger partial charge < -0.3 is 11.1 Å². The van der Waals surface area contributed by atoms with Crippen LogP contribution in [-0.4, -0.2) is 4.98 Å². The van der Waals surface area contributed by atoms with Crippen molar-refractivity contribution in [2.75, 3.05) is 11.1 Å². The average molecular weight is 245 g/mol. The third kappa shape index (κ3) is 2.13. The van der Waals surface area contributed by atoms with Crippen molar-refractivity contribution in [2.24, 2.45) is 0 Å². The second kappa shape index (κ2) is 4.37. The van der Waals surface area contributed by atoms with E-state index in [1.165, 1.54) is 29.7 Å². The first-order chi connectivity index (χ1) is 8.33. The molecule has 1 unspecified atom stereocenters. The van der Waals surface area contributed by atoms with Crippen LogP contribution in [0.15, 0.2) is 29.8 Å². The molecule has 3 rings (SSSR count). The molecule has 1 aliphatic carbocycles. The van der Waals surface area contributed by atoms with Crippen LogP contribution in [0.5, 0.6) is 0 Å². The summed E-state index contributed by atoms with van der Waals surface area (Å²) in [6.07, 6.45) is 5.41. The van der Waals surface area contributed by atoms with Gasteiger partial charge in [-0.15, -0.1) is 11.3 Å². The van der Waals surface area contributed by atoms with E-state index in [-0.39, 0.29) is 0 Å². The molecule has 0 fully saturated rings. The van der Waals surface area contributed by atoms with E-state index in [1.54, 1.807) is 6.20 Å². The largest absolute Gasteiger partial charge is 0.384 e. The normalized spacial score (nSPS) is 18.7. The molecule has 0 bridgehead atoms. The fraction of sp³-hybridized carbons (Fsp3) is 0.308. The van der Waals surface area contributed by atoms with Crippen LogP contribution in [0.3, 0.4) is 0 Å². The monoisotopic (exact) mass is 245 g/mol. The van der Waals surface area contributed by atoms with Gasteiger partial charge in [0.1, 0.15) is 5.82 Å². The summed E-state index contributed by atoms with van der Waals surface area (Å²) in [7, 11) is 0. The number of aromatic nitrogens is 1. The fourth-order valence-corrected chi connectivity index (χ4v) is 3.36. The maximum Gasteiger partial charge on any atom is 0.125 e. The van der Waals surface area contributed by atoms with Gasteiger partial charge in [-0.25, -0.2) is 4.98 Å². The van der Waals surface area contributed by atoms with Crippen LogP contribution in [0.25, 0.3) is 0 Å². The Labute approximate surface area is 105 Å². The summed E-state index contributed by atoms with van der Waals surface area (Å²) in [4.78, 5) is 5.53. The minimum absolute atomic E-state index is 0.423. The molecule has 1 atom stereocenters. The van der Waals surface area contributed by atoms with Crippen LogP contribution in [-0.2, 0) is 6.42 Å². The van der Waals surface area contributed by atoms with Crippen molar-refractivity contribution in [1.29, 1.82) is 0 Å². The Morgan fingerprint density at radius 2 is 2.35 bits per heavy atom. The van der Waals surface area contributed by atoms with Crippen molar-refractivity contribution in [2.45, 2.75) is 25.3 Å². The number of nitrogens with one attached hydrogen (secondary N) is 1. The number of hydrogen-bond donors (Lipinski definition) is 2. The Morgan fingerprint density at radius 3 is 3.24 bits per heavy atom. The Balaban J connectivity index is 1.84. The van der Waals surface area contributed by atoms with Gasteiger partial charge >= 0.3 is 0 Å². The molecular formula is C13H15N3S. The number of hydrogen-bond acceptors (Lipinski definition) is 4. The van der Waals surface area contributed by atoms with Crippen LogP contribution in [0.2, 0.25) is 0 Å². The van der Waals surface area contributed by atoms with E-state index in [0.717, 1.165) is 5.69 Å². The number of fused-ring (bicyclic) bond motifs is 1. The fourth-order valence-electron chi connectivity index (χ4n) is 2.38. The van der Waals surface area contributed by atoms with Gasteiger partial charge in [-0.05, 0) is 42.3 Å². The SMILES string of the molecule is Nc1cc(NC2CCCc3sccc32)ccn1. The first kappa shape index (κ1) is 10.6. The quantitative estimate of drug-likeness (QED) is 0.854. The van der Waals surface area contributed by atoms with E-state index in [9.17, 15) is 0 Å². The van der Waals surface area contributed by atoms with E-state index >= 15 is 0 Å². The predicted octanol–water partition coefficient (Wildman–Crippen LogP) is 3.21. The highest BCUT2D eigenvalue weighted by atomic mass is 32.1. The number of aryl methyl sites for hydroxylation is 1. The molecule has 1 aliphatic rings. The van der Waals surface area contributed by atoms with E-state index in [2.05, 4.69) is 21.7 Å². The van der Waals surface area contributed by atoms with Gasteiger partial charge in [0.05, 0.1) is 6.04 Å². The lowest BCUT2D eigenvalue weighted by Crippen LogP contribution is -2.15. The highest BCUT2D eigenvalue weighted by Gasteiger charge is 2.20. The van der Waals surface area contributed by atoms with Crippen molar-refractivity contribution < 1.29 is 0 Å². The minimum Gasteiger partial charge on any atom is -0.384 e. The summed E-state index contributed by atoms with van der Waals surface area (Å²) in [6.45, 7) is 0. The molecule has 2 aromatic heterocycles. The number of nitrogens with zero attached hydrogens (tertiary/aromatic N) is 1. The summed E-state index contributed by atoms with van der Waals surface area (Å²) in [6, 6.07) is 6.52. The van der Waals surface area contributed by atoms with Gasteiger partial charge in [0.15, 0.2) is 0 Å². The van der Waals surface area contributed by atoms with E-state index in [1.807, 2.05) is 23.5 Å². The molecule has 0 aromatic carbocycles. The average Bonchev–Trinajstić information content (AvgIpc) is 2.78. The van der Waals surface area contributed by atoms with E-state index < -0.39 is 0 Å². The molecule has 0 aliphatic heterocycles. The van der Waals surface area contributed by atoms with Crippen LogP contribution >= 0.6 is 11.3 Å². The molecule has 0 spiro atoms. The van der Waals surface area contributed by atoms with Crippen molar-refractivity contribution in [3.05, 3.63) is 40.2 Å². The standard InChI is InChI=1S/C13H15N3S/c14-13-8-9(4-6-15-13)16-11-2-1-3-12-10(11)5-7-17-12/h4-8,11H,1-3H2,(H3,14,15,16). The van der Waals surface area contributed by atoms with Gasteiger partial charge in [-0.3, -0.25) is 0 Å². The van der Waals surface area contributed by atoms with Gasteiger partial charge in [0.25, 0.3) is 0 Å². The molecule has 4 heteroatoms. The first-order valence-corrected chi connectivity index (χ1v) is 6.75. The Hall–Kier alpha value is -1.55. The van der Waals surface area contributed by atoms with Crippen molar-refractivity contribution in [3.8, 4) is 0 Å². The topological polar surface area (TPSA) is 50.9 Å². The summed E-state index contributed by atoms with van der Waals surface area (Å²) in [5.74, 6) is 0.566. The maximum absolute atomic E-state index is 5.69. The number of rotatable bonds is 2. The lowest BCUT2D eigenvalue weighted by Gasteiger charge is -2.24. The van der Waals surface area contributed by atoms with Crippen LogP contribution < -0.4 is 11.1 Å². The molecule has 3 nitrogen and oxygen atoms in total. The summed E-state index contributed by atoms with van der Waals surface area (Å²) in [5.41, 5.74) is 8.20. The summed E-state index contributed by atoms with van der Waals surface area (Å²) in [5, 5.41) is 5.74. The number of nitrogens with two attached hydrogens (primary N) is 1. The molecule has 0 radical (unpaired) electrons. The molecule has 0 amide bonds. The second-order valence-corrected chi connectivity index (χ2v) is 5.36. The van der Waals surface area contributed by atoms with Crippen LogP contribution in [0.4, 0.5) is 11.5 Å². The molecule has 2 aromatic rings. The molecule has 2 heterocycles. The van der Waals surface area contributed by atoms with Crippen molar-refractivity contribution >= 4 is 22.8 Å². The summed E-state index contributed by atoms with van der Waals surface area (Å²) >= 11 is 1.87. The van der Waals surface area contributed by atoms with Gasteiger partial charge in [-0.1, -0.05) is 0 Å². The van der Waals surface area contributed by atoms with E-state index in [0.29, 0.717) is 11.9 Å². The molecule has 0 saturated carbocycles. The smallest absolute Gasteiger partial charge is 0.125 e. The third-order valence-corrected chi connectivity index (χ3v) is 4.17. The number of pyridine rings is 1. The number of anilines is 2. The highest BCUT2D eigenvalue weighted by molar-refractivity contribution is 7.10. The summed E-state index contributed by atoms with van der Waals surface area (Å²) < 4.78 is 0. The second-order valence-electron chi connectivity index (χ2n) is 4.36. The lowest BCUT2D eigenvalue weighted by molar-refractivity contribution is 0.609. The molecule has 17 heavy (non-hydrogen) atoms. The Morgan fingerprint density at radius 1 is 1.41 bits per heavy atom. The van der Waals surface area contributed by atoms with Crippen molar-refractivity contribution in [1.82, 2.24) is 4.98 Å². The van der Waals surface area contributed by atoms with Crippen LogP contribution in [0, 0.1) is 0 Å². The van der Waals surface area contributed by atoms with Crippen molar-refractivity contribution in [3.63, 3.8) is 0 Å². The van der Waals surface area contributed by atoms with Gasteiger partial charge in [-0.2, -0.15) is 0 Å². The van der Waals surface area contributed by atoms with E-state index in [4.69, 9.17) is 5.73 Å². The highest BCUT2D eigenvalue weighted by Crippen LogP contribution is 2.35. The molecular weight excluding hydrogens is 230 g/mol. The zero-order chi connectivity index (χ0) is 11.7. The Bertz CT molecular complexity index is 521. The predicted molar refractivity (Wildman–Crippen MR) is 72.3 cm³/mol. The minimum atomic E-state index is 0.423. The first-order valence-electron chi connectivity index (χ1n) is 5.87. The number of thiophene rings is 1. The lowest BCUT2D eigenvalue weighted by atomic mass is 9.94. The molecule has 0 saturated heterocycles. The Kier molecular flexibility index (Phi) is 2.73. The van der Waals surface area contributed by atoms with Gasteiger partial charge in [0, 0.05) is 22.8 Å². The zero-order valence-electron chi connectivity index (χ0n) is 9.52. The van der Waals surface area contributed by atoms with Gasteiger partial charge in [0.2, 0.25) is 0 Å². The zero-order valence-corrected chi connectivity index (χ0v) is 10.3. The number of nitrogen functional groups attached to an aromatic ring is 1. The third-order valence-electron chi connectivity index (χ3n) is 3.17. The molecule has 88 valence electrons. The maximum atomic E-state index is 5.69. The molecule has 3 N–H and O–H groups in total.